The van der Waals surface area contributed by atoms with Gasteiger partial charge >= 0.3 is 0 Å². The lowest BCUT2D eigenvalue weighted by atomic mass is 10.0. The number of aromatic nitrogens is 2. The van der Waals surface area contributed by atoms with Crippen LogP contribution < -0.4 is 0 Å². The number of hydrogen-bond donors (Lipinski definition) is 1. The van der Waals surface area contributed by atoms with Crippen LogP contribution in [-0.4, -0.2) is 21.3 Å². The third-order valence-corrected chi connectivity index (χ3v) is 3.80. The molecule has 0 aliphatic rings. The highest BCUT2D eigenvalue weighted by molar-refractivity contribution is 4.80. The minimum absolute atomic E-state index is 0.215. The highest BCUT2D eigenvalue weighted by atomic mass is 16.3. The molecule has 3 heteroatoms. The number of imidazole rings is 1. The van der Waals surface area contributed by atoms with Gasteiger partial charge in [-0.3, -0.25) is 0 Å². The van der Waals surface area contributed by atoms with Crippen LogP contribution in [-0.2, 0) is 0 Å². The summed E-state index contributed by atoms with van der Waals surface area (Å²) in [6.45, 7) is 2.48. The molecular formula is C16H30N2O. The van der Waals surface area contributed by atoms with Gasteiger partial charge in [-0.1, -0.05) is 64.7 Å². The summed E-state index contributed by atoms with van der Waals surface area (Å²) in [4.78, 5) is 4.04. The first-order chi connectivity index (χ1) is 9.38. The predicted molar refractivity (Wildman–Crippen MR) is 80.2 cm³/mol. The Balaban J connectivity index is 1.95. The van der Waals surface area contributed by atoms with Gasteiger partial charge in [-0.2, -0.15) is 0 Å². The Hall–Kier alpha value is -0.830. The molecular weight excluding hydrogens is 236 g/mol. The van der Waals surface area contributed by atoms with Crippen LogP contribution in [0.15, 0.2) is 18.7 Å². The average molecular weight is 266 g/mol. The van der Waals surface area contributed by atoms with Crippen LogP contribution in [0.5, 0.6) is 0 Å². The molecule has 0 spiro atoms. The maximum absolute atomic E-state index is 9.37. The van der Waals surface area contributed by atoms with Gasteiger partial charge in [-0.25, -0.2) is 4.98 Å². The zero-order valence-electron chi connectivity index (χ0n) is 12.4. The van der Waals surface area contributed by atoms with Crippen LogP contribution in [0, 0.1) is 0 Å². The van der Waals surface area contributed by atoms with Crippen molar-refractivity contribution in [2.24, 2.45) is 0 Å². The van der Waals surface area contributed by atoms with E-state index in [1.807, 2.05) is 10.8 Å². The van der Waals surface area contributed by atoms with E-state index in [4.69, 9.17) is 0 Å². The van der Waals surface area contributed by atoms with Crippen molar-refractivity contribution < 1.29 is 5.11 Å². The van der Waals surface area contributed by atoms with Crippen LogP contribution >= 0.6 is 0 Å². The minimum atomic E-state index is 0.215. The maximum Gasteiger partial charge on any atom is 0.0949 e. The number of aliphatic hydroxyl groups is 1. The Morgan fingerprint density at radius 2 is 1.63 bits per heavy atom. The van der Waals surface area contributed by atoms with Crippen LogP contribution in [0.3, 0.4) is 0 Å². The van der Waals surface area contributed by atoms with Crippen molar-refractivity contribution in [3.05, 3.63) is 18.7 Å². The molecule has 1 aromatic rings. The first-order valence-electron chi connectivity index (χ1n) is 7.96. The first kappa shape index (κ1) is 16.2. The van der Waals surface area contributed by atoms with Gasteiger partial charge in [0.2, 0.25) is 0 Å². The molecule has 0 saturated carbocycles. The molecule has 0 saturated heterocycles. The van der Waals surface area contributed by atoms with E-state index in [1.54, 1.807) is 12.5 Å². The second kappa shape index (κ2) is 11.0. The normalized spacial score (nSPS) is 12.7. The standard InChI is InChI=1S/C16H30N2O/c1-2-3-4-5-6-7-8-9-10-11-16(14-19)18-13-12-17-15-18/h12-13,15-16,19H,2-11,14H2,1H3. The van der Waals surface area contributed by atoms with E-state index in [9.17, 15) is 5.11 Å². The summed E-state index contributed by atoms with van der Waals surface area (Å²) in [7, 11) is 0. The van der Waals surface area contributed by atoms with Crippen LogP contribution in [0.4, 0.5) is 0 Å². The van der Waals surface area contributed by atoms with E-state index in [0.29, 0.717) is 0 Å². The second-order valence-corrected chi connectivity index (χ2v) is 5.46. The van der Waals surface area contributed by atoms with Crippen molar-refractivity contribution in [3.8, 4) is 0 Å². The van der Waals surface area contributed by atoms with Crippen molar-refractivity contribution in [2.45, 2.75) is 77.2 Å². The lowest BCUT2D eigenvalue weighted by Gasteiger charge is -2.15. The fourth-order valence-electron chi connectivity index (χ4n) is 2.51. The van der Waals surface area contributed by atoms with Crippen LogP contribution in [0.1, 0.15) is 77.2 Å². The molecule has 0 aromatic carbocycles. The lowest BCUT2D eigenvalue weighted by Crippen LogP contribution is -2.11. The van der Waals surface area contributed by atoms with E-state index in [0.717, 1.165) is 6.42 Å². The molecule has 1 aromatic heterocycles. The summed E-state index contributed by atoms with van der Waals surface area (Å²) in [5.41, 5.74) is 0. The molecule has 0 aliphatic carbocycles. The summed E-state index contributed by atoms with van der Waals surface area (Å²) in [5, 5.41) is 9.37. The van der Waals surface area contributed by atoms with Gasteiger partial charge in [-0.05, 0) is 6.42 Å². The number of hydrogen-bond acceptors (Lipinski definition) is 2. The number of nitrogens with zero attached hydrogens (tertiary/aromatic N) is 2. The molecule has 1 N–H and O–H groups in total. The molecule has 0 amide bonds. The molecule has 1 heterocycles. The topological polar surface area (TPSA) is 38.0 Å². The Morgan fingerprint density at radius 1 is 1.00 bits per heavy atom. The predicted octanol–water partition coefficient (Wildman–Crippen LogP) is 4.34. The highest BCUT2D eigenvalue weighted by Gasteiger charge is 2.07. The van der Waals surface area contributed by atoms with Crippen molar-refractivity contribution in [1.82, 2.24) is 9.55 Å². The van der Waals surface area contributed by atoms with Crippen LogP contribution in [0.2, 0.25) is 0 Å². The molecule has 0 aliphatic heterocycles. The summed E-state index contributed by atoms with van der Waals surface area (Å²) in [6.07, 6.45) is 18.7. The Morgan fingerprint density at radius 3 is 2.16 bits per heavy atom. The number of unbranched alkanes of at least 4 members (excludes halogenated alkanes) is 8. The van der Waals surface area contributed by atoms with Gasteiger partial charge < -0.3 is 9.67 Å². The monoisotopic (exact) mass is 266 g/mol. The number of rotatable bonds is 12. The zero-order valence-corrected chi connectivity index (χ0v) is 12.4. The quantitative estimate of drug-likeness (QED) is 0.572. The maximum atomic E-state index is 9.37. The van der Waals surface area contributed by atoms with Gasteiger partial charge in [-0.15, -0.1) is 0 Å². The third-order valence-electron chi connectivity index (χ3n) is 3.80. The fraction of sp³-hybridized carbons (Fsp3) is 0.812. The van der Waals surface area contributed by atoms with Crippen molar-refractivity contribution in [1.29, 1.82) is 0 Å². The molecule has 110 valence electrons. The van der Waals surface area contributed by atoms with E-state index in [1.165, 1.54) is 57.8 Å². The van der Waals surface area contributed by atoms with Gasteiger partial charge in [0.05, 0.1) is 19.0 Å². The summed E-state index contributed by atoms with van der Waals surface area (Å²) < 4.78 is 2.02. The fourth-order valence-corrected chi connectivity index (χ4v) is 2.51. The molecule has 0 fully saturated rings. The van der Waals surface area contributed by atoms with E-state index >= 15 is 0 Å². The molecule has 0 bridgehead atoms. The second-order valence-electron chi connectivity index (χ2n) is 5.46. The van der Waals surface area contributed by atoms with Gasteiger partial charge in [0, 0.05) is 12.4 Å². The van der Waals surface area contributed by atoms with Gasteiger partial charge in [0.1, 0.15) is 0 Å². The van der Waals surface area contributed by atoms with Crippen LogP contribution in [0.25, 0.3) is 0 Å². The summed E-state index contributed by atoms with van der Waals surface area (Å²) in [6, 6.07) is 0.215. The molecule has 0 radical (unpaired) electrons. The van der Waals surface area contributed by atoms with E-state index in [2.05, 4.69) is 11.9 Å². The van der Waals surface area contributed by atoms with Crippen molar-refractivity contribution >= 4 is 0 Å². The van der Waals surface area contributed by atoms with Gasteiger partial charge in [0.15, 0.2) is 0 Å². The Bertz CT molecular complexity index is 285. The molecule has 19 heavy (non-hydrogen) atoms. The Labute approximate surface area is 118 Å². The first-order valence-corrected chi connectivity index (χ1v) is 7.96. The van der Waals surface area contributed by atoms with E-state index in [-0.39, 0.29) is 12.6 Å². The third kappa shape index (κ3) is 7.36. The van der Waals surface area contributed by atoms with Gasteiger partial charge in [0.25, 0.3) is 0 Å². The van der Waals surface area contributed by atoms with Crippen molar-refractivity contribution in [2.75, 3.05) is 6.61 Å². The largest absolute Gasteiger partial charge is 0.394 e. The average Bonchev–Trinajstić information content (AvgIpc) is 2.95. The number of aliphatic hydroxyl groups excluding tert-OH is 1. The molecule has 3 nitrogen and oxygen atoms in total. The Kier molecular flexibility index (Phi) is 9.42. The minimum Gasteiger partial charge on any atom is -0.394 e. The zero-order chi connectivity index (χ0) is 13.8. The molecule has 1 atom stereocenters. The van der Waals surface area contributed by atoms with Crippen molar-refractivity contribution in [3.63, 3.8) is 0 Å². The smallest absolute Gasteiger partial charge is 0.0949 e. The SMILES string of the molecule is CCCCCCCCCCCC(CO)n1ccnc1. The molecule has 1 unspecified atom stereocenters. The molecule has 1 rings (SSSR count). The summed E-state index contributed by atoms with van der Waals surface area (Å²) in [5.74, 6) is 0. The summed E-state index contributed by atoms with van der Waals surface area (Å²) >= 11 is 0. The lowest BCUT2D eigenvalue weighted by molar-refractivity contribution is 0.217. The highest BCUT2D eigenvalue weighted by Crippen LogP contribution is 2.16. The van der Waals surface area contributed by atoms with E-state index < -0.39 is 0 Å².